The van der Waals surface area contributed by atoms with Crippen LogP contribution in [-0.4, -0.2) is 4.57 Å². The molecular formula is C15H15N3. The number of fused-ring (bicyclic) bond motifs is 1. The third-order valence-corrected chi connectivity index (χ3v) is 3.18. The molecule has 2 aromatic rings. The molecular weight excluding hydrogens is 222 g/mol. The second kappa shape index (κ2) is 4.55. The molecule has 0 saturated heterocycles. The number of aryl methyl sites for hydroxylation is 1. The van der Waals surface area contributed by atoms with Crippen LogP contribution in [0.3, 0.4) is 0 Å². The molecule has 0 aliphatic carbocycles. The number of hydrogen-bond acceptors (Lipinski definition) is 2. The molecule has 0 fully saturated rings. The molecule has 2 rings (SSSR count). The van der Waals surface area contributed by atoms with Gasteiger partial charge in [-0.15, -0.1) is 0 Å². The predicted octanol–water partition coefficient (Wildman–Crippen LogP) is 3.45. The van der Waals surface area contributed by atoms with Crippen LogP contribution in [-0.2, 0) is 6.54 Å². The Hall–Kier alpha value is -2.26. The molecule has 0 aliphatic heterocycles. The Morgan fingerprint density at radius 1 is 1.22 bits per heavy atom. The van der Waals surface area contributed by atoms with E-state index in [9.17, 15) is 0 Å². The maximum atomic E-state index is 9.01. The van der Waals surface area contributed by atoms with Crippen molar-refractivity contribution in [3.63, 3.8) is 0 Å². The van der Waals surface area contributed by atoms with E-state index in [-0.39, 0.29) is 5.41 Å². The van der Waals surface area contributed by atoms with E-state index in [0.717, 1.165) is 23.9 Å². The molecule has 0 spiro atoms. The third-order valence-electron chi connectivity index (χ3n) is 3.18. The molecule has 0 saturated carbocycles. The molecule has 1 aromatic carbocycles. The summed E-state index contributed by atoms with van der Waals surface area (Å²) in [5.74, 6) is 0. The smallest absolute Gasteiger partial charge is 0.0991 e. The van der Waals surface area contributed by atoms with E-state index in [2.05, 4.69) is 16.7 Å². The second-order valence-corrected chi connectivity index (χ2v) is 5.14. The zero-order valence-corrected chi connectivity index (χ0v) is 10.6. The zero-order valence-electron chi connectivity index (χ0n) is 10.6. The number of nitriles is 2. The Labute approximate surface area is 107 Å². The van der Waals surface area contributed by atoms with Crippen LogP contribution >= 0.6 is 0 Å². The van der Waals surface area contributed by atoms with Gasteiger partial charge in [-0.2, -0.15) is 10.5 Å². The molecule has 0 radical (unpaired) electrons. The molecule has 90 valence electrons. The molecule has 3 nitrogen and oxygen atoms in total. The lowest BCUT2D eigenvalue weighted by Gasteiger charge is -2.15. The monoisotopic (exact) mass is 237 g/mol. The van der Waals surface area contributed by atoms with Crippen molar-refractivity contribution in [3.05, 3.63) is 36.0 Å². The first-order valence-electron chi connectivity index (χ1n) is 5.96. The molecule has 0 amide bonds. The topological polar surface area (TPSA) is 52.5 Å². The van der Waals surface area contributed by atoms with E-state index in [1.54, 1.807) is 0 Å². The maximum absolute atomic E-state index is 9.01. The fraction of sp³-hybridized carbons (Fsp3) is 0.333. The first-order valence-corrected chi connectivity index (χ1v) is 5.96. The number of rotatable bonds is 3. The highest BCUT2D eigenvalue weighted by atomic mass is 14.9. The van der Waals surface area contributed by atoms with Gasteiger partial charge >= 0.3 is 0 Å². The van der Waals surface area contributed by atoms with Crippen LogP contribution in [0.2, 0.25) is 0 Å². The number of nitrogens with zero attached hydrogens (tertiary/aromatic N) is 3. The summed E-state index contributed by atoms with van der Waals surface area (Å²) in [6, 6.07) is 12.1. The summed E-state index contributed by atoms with van der Waals surface area (Å²) in [7, 11) is 0. The quantitative estimate of drug-likeness (QED) is 0.820. The zero-order chi connectivity index (χ0) is 13.2. The minimum atomic E-state index is -0.302. The summed E-state index contributed by atoms with van der Waals surface area (Å²) < 4.78 is 2.13. The average Bonchev–Trinajstić information content (AvgIpc) is 2.78. The SMILES string of the molecule is CC(C)(C#N)CCn1ccc2cc(C#N)ccc21. The Kier molecular flexibility index (Phi) is 3.08. The van der Waals surface area contributed by atoms with Crippen molar-refractivity contribution in [2.75, 3.05) is 0 Å². The van der Waals surface area contributed by atoms with Crippen LogP contribution in [0.4, 0.5) is 0 Å². The molecule has 3 heteroatoms. The third kappa shape index (κ3) is 2.36. The van der Waals surface area contributed by atoms with E-state index in [4.69, 9.17) is 10.5 Å². The van der Waals surface area contributed by atoms with Gasteiger partial charge in [0.25, 0.3) is 0 Å². The molecule has 0 atom stereocenters. The lowest BCUT2D eigenvalue weighted by atomic mass is 9.91. The van der Waals surface area contributed by atoms with Gasteiger partial charge in [0.05, 0.1) is 23.1 Å². The van der Waals surface area contributed by atoms with Crippen molar-refractivity contribution in [1.29, 1.82) is 10.5 Å². The van der Waals surface area contributed by atoms with Crippen LogP contribution in [0.15, 0.2) is 30.5 Å². The largest absolute Gasteiger partial charge is 0.347 e. The van der Waals surface area contributed by atoms with Gasteiger partial charge in [-0.25, -0.2) is 0 Å². The molecule has 1 heterocycles. The number of aromatic nitrogens is 1. The fourth-order valence-corrected chi connectivity index (χ4v) is 1.92. The van der Waals surface area contributed by atoms with E-state index in [0.29, 0.717) is 5.56 Å². The van der Waals surface area contributed by atoms with Crippen LogP contribution in [0.5, 0.6) is 0 Å². The lowest BCUT2D eigenvalue weighted by molar-refractivity contribution is 0.417. The molecule has 0 bridgehead atoms. The van der Waals surface area contributed by atoms with Crippen molar-refractivity contribution in [1.82, 2.24) is 4.57 Å². The Balaban J connectivity index is 2.26. The Morgan fingerprint density at radius 2 is 2.00 bits per heavy atom. The summed E-state index contributed by atoms with van der Waals surface area (Å²) in [5, 5.41) is 18.9. The number of hydrogen-bond donors (Lipinski definition) is 0. The first kappa shape index (κ1) is 12.2. The summed E-state index contributed by atoms with van der Waals surface area (Å²) in [4.78, 5) is 0. The van der Waals surface area contributed by atoms with Gasteiger partial charge in [0, 0.05) is 23.6 Å². The van der Waals surface area contributed by atoms with Crippen LogP contribution in [0, 0.1) is 28.1 Å². The summed E-state index contributed by atoms with van der Waals surface area (Å²) >= 11 is 0. The second-order valence-electron chi connectivity index (χ2n) is 5.14. The van der Waals surface area contributed by atoms with Gasteiger partial charge in [0.1, 0.15) is 0 Å². The lowest BCUT2D eigenvalue weighted by Crippen LogP contribution is -2.11. The maximum Gasteiger partial charge on any atom is 0.0991 e. The molecule has 1 aromatic heterocycles. The highest BCUT2D eigenvalue weighted by Crippen LogP contribution is 2.23. The van der Waals surface area contributed by atoms with Gasteiger partial charge < -0.3 is 4.57 Å². The number of benzene rings is 1. The highest BCUT2D eigenvalue weighted by Gasteiger charge is 2.16. The minimum Gasteiger partial charge on any atom is -0.347 e. The molecule has 18 heavy (non-hydrogen) atoms. The van der Waals surface area contributed by atoms with Crippen molar-refractivity contribution in [2.45, 2.75) is 26.8 Å². The summed E-state index contributed by atoms with van der Waals surface area (Å²) in [5.41, 5.74) is 1.49. The van der Waals surface area contributed by atoms with E-state index in [1.165, 1.54) is 0 Å². The Morgan fingerprint density at radius 3 is 2.67 bits per heavy atom. The van der Waals surface area contributed by atoms with Crippen molar-refractivity contribution in [3.8, 4) is 12.1 Å². The van der Waals surface area contributed by atoms with Gasteiger partial charge in [0.15, 0.2) is 0 Å². The van der Waals surface area contributed by atoms with Crippen LogP contribution < -0.4 is 0 Å². The van der Waals surface area contributed by atoms with Crippen molar-refractivity contribution < 1.29 is 0 Å². The van der Waals surface area contributed by atoms with Gasteiger partial charge in [-0.05, 0) is 44.5 Å². The van der Waals surface area contributed by atoms with Gasteiger partial charge in [-0.3, -0.25) is 0 Å². The van der Waals surface area contributed by atoms with Gasteiger partial charge in [-0.1, -0.05) is 0 Å². The normalized spacial score (nSPS) is 11.1. The van der Waals surface area contributed by atoms with E-state index in [1.807, 2.05) is 44.3 Å². The van der Waals surface area contributed by atoms with E-state index < -0.39 is 0 Å². The van der Waals surface area contributed by atoms with Crippen molar-refractivity contribution >= 4 is 10.9 Å². The molecule has 0 N–H and O–H groups in total. The highest BCUT2D eigenvalue weighted by molar-refractivity contribution is 5.81. The van der Waals surface area contributed by atoms with E-state index >= 15 is 0 Å². The minimum absolute atomic E-state index is 0.302. The summed E-state index contributed by atoms with van der Waals surface area (Å²) in [6.45, 7) is 4.72. The summed E-state index contributed by atoms with van der Waals surface area (Å²) in [6.07, 6.45) is 2.83. The molecule has 0 unspecified atom stereocenters. The fourth-order valence-electron chi connectivity index (χ4n) is 1.92. The standard InChI is InChI=1S/C15H15N3/c1-15(2,11-17)6-8-18-7-5-13-9-12(10-16)3-4-14(13)18/h3-5,7,9H,6,8H2,1-2H3. The Bertz CT molecular complexity index is 650. The van der Waals surface area contributed by atoms with Gasteiger partial charge in [0.2, 0.25) is 0 Å². The molecule has 0 aliphatic rings. The first-order chi connectivity index (χ1) is 8.55. The average molecular weight is 237 g/mol. The van der Waals surface area contributed by atoms with Crippen LogP contribution in [0.1, 0.15) is 25.8 Å². The van der Waals surface area contributed by atoms with Crippen LogP contribution in [0.25, 0.3) is 10.9 Å². The predicted molar refractivity (Wildman–Crippen MR) is 70.7 cm³/mol. The van der Waals surface area contributed by atoms with Crippen molar-refractivity contribution in [2.24, 2.45) is 5.41 Å².